The van der Waals surface area contributed by atoms with E-state index < -0.39 is 34.5 Å². The van der Waals surface area contributed by atoms with Crippen molar-refractivity contribution in [1.29, 1.82) is 0 Å². The molecule has 0 fully saturated rings. The second-order valence-electron chi connectivity index (χ2n) is 6.93. The van der Waals surface area contributed by atoms with Crippen molar-refractivity contribution < 1.29 is 27.2 Å². The van der Waals surface area contributed by atoms with Crippen LogP contribution in [0.4, 0.5) is 23.4 Å². The molecule has 0 saturated carbocycles. The molecule has 36 heavy (non-hydrogen) atoms. The number of carbonyl (C=O) groups excluding carboxylic acids is 2. The van der Waals surface area contributed by atoms with Crippen molar-refractivity contribution in [2.75, 3.05) is 5.32 Å². The molecule has 4 heterocycles. The van der Waals surface area contributed by atoms with Gasteiger partial charge in [0.25, 0.3) is 11.8 Å². The van der Waals surface area contributed by atoms with Gasteiger partial charge in [-0.15, -0.1) is 11.3 Å². The van der Waals surface area contributed by atoms with Crippen molar-refractivity contribution >= 4 is 40.6 Å². The Hall–Kier alpha value is -4.04. The molecule has 0 radical (unpaired) electrons. The van der Waals surface area contributed by atoms with Gasteiger partial charge in [-0.1, -0.05) is 11.6 Å². The molecule has 0 saturated heterocycles. The number of thiazole rings is 1. The first-order valence-corrected chi connectivity index (χ1v) is 11.0. The number of anilines is 1. The van der Waals surface area contributed by atoms with Gasteiger partial charge in [0.05, 0.1) is 34.6 Å². The Balaban J connectivity index is 1.39. The van der Waals surface area contributed by atoms with E-state index in [0.29, 0.717) is 11.1 Å². The first-order chi connectivity index (χ1) is 17.1. The molecule has 0 atom stereocenters. The lowest BCUT2D eigenvalue weighted by molar-refractivity contribution is -0.137. The monoisotopic (exact) mass is 537 g/mol. The van der Waals surface area contributed by atoms with E-state index in [4.69, 9.17) is 11.6 Å². The fourth-order valence-corrected chi connectivity index (χ4v) is 3.81. The average molecular weight is 538 g/mol. The fourth-order valence-electron chi connectivity index (χ4n) is 2.85. The summed E-state index contributed by atoms with van der Waals surface area (Å²) >= 11 is 6.43. The summed E-state index contributed by atoms with van der Waals surface area (Å²) in [5, 5.41) is 4.55. The van der Waals surface area contributed by atoms with Crippen LogP contribution in [0.5, 0.6) is 0 Å². The number of nitrogens with zero attached hydrogens (tertiary/aromatic N) is 5. The van der Waals surface area contributed by atoms with Crippen LogP contribution < -0.4 is 10.6 Å². The van der Waals surface area contributed by atoms with E-state index in [1.54, 1.807) is 0 Å². The molecule has 0 bridgehead atoms. The van der Waals surface area contributed by atoms with Gasteiger partial charge in [0.1, 0.15) is 27.7 Å². The van der Waals surface area contributed by atoms with E-state index in [1.807, 2.05) is 0 Å². The maximum absolute atomic E-state index is 13.9. The van der Waals surface area contributed by atoms with Crippen molar-refractivity contribution in [2.45, 2.75) is 12.7 Å². The zero-order chi connectivity index (χ0) is 25.9. The quantitative estimate of drug-likeness (QED) is 0.276. The summed E-state index contributed by atoms with van der Waals surface area (Å²) in [6.07, 6.45) is -0.337. The number of aromatic nitrogens is 5. The van der Waals surface area contributed by atoms with Gasteiger partial charge in [0.2, 0.25) is 5.95 Å². The molecular formula is C21H12ClF4N7O2S. The topological polar surface area (TPSA) is 123 Å². The van der Waals surface area contributed by atoms with Gasteiger partial charge in [-0.2, -0.15) is 17.6 Å². The first kappa shape index (κ1) is 25.1. The van der Waals surface area contributed by atoms with Gasteiger partial charge in [0, 0.05) is 12.4 Å². The van der Waals surface area contributed by atoms with Crippen LogP contribution in [0.3, 0.4) is 0 Å². The summed E-state index contributed by atoms with van der Waals surface area (Å²) in [7, 11) is 0. The number of pyridine rings is 2. The molecule has 2 amide bonds. The second kappa shape index (κ2) is 10.3. The minimum atomic E-state index is -4.72. The zero-order valence-corrected chi connectivity index (χ0v) is 19.2. The van der Waals surface area contributed by atoms with E-state index in [9.17, 15) is 27.2 Å². The summed E-state index contributed by atoms with van der Waals surface area (Å²) < 4.78 is 52.9. The Bertz CT molecular complexity index is 1450. The highest BCUT2D eigenvalue weighted by atomic mass is 35.5. The maximum atomic E-state index is 13.9. The lowest BCUT2D eigenvalue weighted by Gasteiger charge is -2.10. The average Bonchev–Trinajstić information content (AvgIpc) is 3.33. The highest BCUT2D eigenvalue weighted by molar-refractivity contribution is 7.13. The molecule has 0 unspecified atom stereocenters. The third kappa shape index (κ3) is 5.78. The van der Waals surface area contributed by atoms with Crippen LogP contribution in [-0.4, -0.2) is 36.7 Å². The van der Waals surface area contributed by atoms with Gasteiger partial charge in [-0.25, -0.2) is 24.9 Å². The highest BCUT2D eigenvalue weighted by Crippen LogP contribution is 2.35. The Morgan fingerprint density at radius 1 is 1.03 bits per heavy atom. The number of carbonyl (C=O) groups is 2. The number of hydrogen-bond acceptors (Lipinski definition) is 8. The minimum Gasteiger partial charge on any atom is -0.344 e. The van der Waals surface area contributed by atoms with Crippen LogP contribution in [-0.2, 0) is 12.7 Å². The van der Waals surface area contributed by atoms with E-state index in [1.165, 1.54) is 30.6 Å². The smallest absolute Gasteiger partial charge is 0.344 e. The molecule has 4 rings (SSSR count). The Labute approximate surface area is 208 Å². The summed E-state index contributed by atoms with van der Waals surface area (Å²) in [5.41, 5.74) is -0.908. The van der Waals surface area contributed by atoms with Crippen molar-refractivity contribution in [3.63, 3.8) is 0 Å². The SMILES string of the molecule is O=C(NCc1ncc(C(=O)Nc2cc(C(F)(F)F)c(Cl)cn2)s1)c1cc(-c2cccnc2F)ncn1. The van der Waals surface area contributed by atoms with E-state index in [2.05, 4.69) is 35.6 Å². The Morgan fingerprint density at radius 2 is 1.83 bits per heavy atom. The van der Waals surface area contributed by atoms with Crippen LogP contribution >= 0.6 is 22.9 Å². The number of alkyl halides is 3. The highest BCUT2D eigenvalue weighted by Gasteiger charge is 2.34. The number of halogens is 5. The summed E-state index contributed by atoms with van der Waals surface area (Å²) in [5.74, 6) is -2.44. The van der Waals surface area contributed by atoms with E-state index in [0.717, 1.165) is 23.9 Å². The first-order valence-electron chi connectivity index (χ1n) is 9.81. The van der Waals surface area contributed by atoms with Crippen molar-refractivity contribution in [1.82, 2.24) is 30.2 Å². The van der Waals surface area contributed by atoms with Crippen molar-refractivity contribution in [2.24, 2.45) is 0 Å². The standard InChI is InChI=1S/C21H12ClF4N7O2S/c22-12-6-28-16(4-11(12)21(24,25)26)33-20(35)15-7-29-17(36-15)8-30-19(34)14-5-13(31-9-32-14)10-2-1-3-27-18(10)23/h1-7,9H,8H2,(H,30,34)(H,28,33,35). The molecule has 4 aromatic heterocycles. The maximum Gasteiger partial charge on any atom is 0.418 e. The molecule has 4 aromatic rings. The third-order valence-corrected chi connectivity index (χ3v) is 5.81. The summed E-state index contributed by atoms with van der Waals surface area (Å²) in [6.45, 7) is -0.0746. The largest absolute Gasteiger partial charge is 0.418 e. The molecule has 0 aliphatic heterocycles. The molecule has 15 heteroatoms. The number of hydrogen-bond donors (Lipinski definition) is 2. The summed E-state index contributed by atoms with van der Waals surface area (Å²) in [4.78, 5) is 44.0. The number of nitrogens with one attached hydrogen (secondary N) is 2. The van der Waals surface area contributed by atoms with Crippen molar-refractivity contribution in [3.05, 3.63) is 81.3 Å². The van der Waals surface area contributed by atoms with Crippen molar-refractivity contribution in [3.8, 4) is 11.3 Å². The van der Waals surface area contributed by atoms with Crippen LogP contribution in [0, 0.1) is 5.95 Å². The third-order valence-electron chi connectivity index (χ3n) is 4.51. The predicted octanol–water partition coefficient (Wildman–Crippen LogP) is 4.38. The van der Waals surface area contributed by atoms with E-state index in [-0.39, 0.29) is 34.2 Å². The summed E-state index contributed by atoms with van der Waals surface area (Å²) in [6, 6.07) is 4.90. The van der Waals surface area contributed by atoms with Gasteiger partial charge < -0.3 is 10.6 Å². The van der Waals surface area contributed by atoms with Gasteiger partial charge in [0.15, 0.2) is 0 Å². The predicted molar refractivity (Wildman–Crippen MR) is 121 cm³/mol. The van der Waals surface area contributed by atoms with Crippen LogP contribution in [0.15, 0.2) is 49.2 Å². The van der Waals surface area contributed by atoms with Gasteiger partial charge >= 0.3 is 6.18 Å². The fraction of sp³-hybridized carbons (Fsp3) is 0.0952. The normalized spacial score (nSPS) is 11.2. The lowest BCUT2D eigenvalue weighted by Crippen LogP contribution is -2.23. The lowest BCUT2D eigenvalue weighted by atomic mass is 10.2. The second-order valence-corrected chi connectivity index (χ2v) is 8.45. The molecular weight excluding hydrogens is 526 g/mol. The Kier molecular flexibility index (Phi) is 7.17. The van der Waals surface area contributed by atoms with Crippen LogP contribution in [0.2, 0.25) is 5.02 Å². The van der Waals surface area contributed by atoms with Gasteiger partial charge in [-0.3, -0.25) is 9.59 Å². The Morgan fingerprint density at radius 3 is 2.58 bits per heavy atom. The molecule has 0 aliphatic carbocycles. The van der Waals surface area contributed by atoms with Crippen LogP contribution in [0.1, 0.15) is 30.7 Å². The molecule has 184 valence electrons. The minimum absolute atomic E-state index is 0.0351. The molecule has 0 spiro atoms. The molecule has 2 N–H and O–H groups in total. The zero-order valence-electron chi connectivity index (χ0n) is 17.7. The molecule has 9 nitrogen and oxygen atoms in total. The molecule has 0 aromatic carbocycles. The number of rotatable bonds is 6. The molecule has 0 aliphatic rings. The van der Waals surface area contributed by atoms with Crippen LogP contribution in [0.25, 0.3) is 11.3 Å². The van der Waals surface area contributed by atoms with Gasteiger partial charge in [-0.05, 0) is 24.3 Å². The van der Waals surface area contributed by atoms with E-state index >= 15 is 0 Å². The number of amides is 2.